The van der Waals surface area contributed by atoms with Crippen LogP contribution >= 0.6 is 0 Å². The maximum absolute atomic E-state index is 4.52. The molecular weight excluding hydrogens is 200 g/mol. The number of hydrogen-bond donors (Lipinski definition) is 1. The molecule has 1 N–H and O–H groups in total. The topological polar surface area (TPSA) is 41.1 Å². The van der Waals surface area contributed by atoms with Gasteiger partial charge < -0.3 is 10.2 Å². The van der Waals surface area contributed by atoms with E-state index in [4.69, 9.17) is 0 Å². The summed E-state index contributed by atoms with van der Waals surface area (Å²) in [7, 11) is 2.00. The lowest BCUT2D eigenvalue weighted by molar-refractivity contribution is 0.705. The van der Waals surface area contributed by atoms with Gasteiger partial charge in [-0.2, -0.15) is 0 Å². The second-order valence-corrected chi connectivity index (χ2v) is 3.96. The van der Waals surface area contributed by atoms with Crippen LogP contribution in [0, 0.1) is 0 Å². The molecule has 0 atom stereocenters. The molecule has 1 heterocycles. The molecule has 0 bridgehead atoms. The van der Waals surface area contributed by atoms with Crippen molar-refractivity contribution in [2.45, 2.75) is 20.4 Å². The van der Waals surface area contributed by atoms with Crippen LogP contribution in [0.5, 0.6) is 0 Å². The molecule has 1 aromatic rings. The van der Waals surface area contributed by atoms with Crippen LogP contribution in [-0.2, 0) is 6.54 Å². The van der Waals surface area contributed by atoms with Crippen molar-refractivity contribution in [1.82, 2.24) is 15.3 Å². The third-order valence-corrected chi connectivity index (χ3v) is 2.13. The maximum Gasteiger partial charge on any atom is 0.147 e. The van der Waals surface area contributed by atoms with Crippen molar-refractivity contribution in [2.24, 2.45) is 0 Å². The Balaban J connectivity index is 2.69. The van der Waals surface area contributed by atoms with Gasteiger partial charge in [0.1, 0.15) is 5.82 Å². The standard InChI is InChI=1S/C12H20N4/c1-5-13-6-11-7-14-8-12(15-11)16(4)9-10(2)3/h7-8,13H,2,5-6,9H2,1,3-4H3. The van der Waals surface area contributed by atoms with E-state index in [2.05, 4.69) is 28.8 Å². The molecule has 0 unspecified atom stereocenters. The highest BCUT2D eigenvalue weighted by Gasteiger charge is 2.04. The Morgan fingerprint density at radius 3 is 2.88 bits per heavy atom. The predicted octanol–water partition coefficient (Wildman–Crippen LogP) is 1.60. The van der Waals surface area contributed by atoms with Gasteiger partial charge in [-0.3, -0.25) is 4.98 Å². The zero-order valence-corrected chi connectivity index (χ0v) is 10.3. The van der Waals surface area contributed by atoms with E-state index >= 15 is 0 Å². The number of anilines is 1. The molecule has 0 saturated carbocycles. The first-order valence-electron chi connectivity index (χ1n) is 5.50. The second kappa shape index (κ2) is 6.23. The second-order valence-electron chi connectivity index (χ2n) is 3.96. The van der Waals surface area contributed by atoms with Crippen LogP contribution in [0.3, 0.4) is 0 Å². The highest BCUT2D eigenvalue weighted by molar-refractivity contribution is 5.36. The SMILES string of the molecule is C=C(C)CN(C)c1cncc(CNCC)n1. The van der Waals surface area contributed by atoms with Crippen LogP contribution in [0.25, 0.3) is 0 Å². The largest absolute Gasteiger partial charge is 0.354 e. The van der Waals surface area contributed by atoms with Gasteiger partial charge in [0.05, 0.1) is 11.9 Å². The summed E-state index contributed by atoms with van der Waals surface area (Å²) in [5.41, 5.74) is 2.08. The Kier molecular flexibility index (Phi) is 4.92. The monoisotopic (exact) mass is 220 g/mol. The van der Waals surface area contributed by atoms with Crippen LogP contribution in [0.1, 0.15) is 19.5 Å². The Labute approximate surface area is 97.4 Å². The minimum atomic E-state index is 0.762. The molecule has 0 amide bonds. The van der Waals surface area contributed by atoms with Gasteiger partial charge in [-0.1, -0.05) is 19.1 Å². The molecule has 0 aliphatic rings. The van der Waals surface area contributed by atoms with Crippen molar-refractivity contribution in [3.05, 3.63) is 30.2 Å². The van der Waals surface area contributed by atoms with Gasteiger partial charge in [-0.05, 0) is 13.5 Å². The molecule has 0 saturated heterocycles. The van der Waals surface area contributed by atoms with E-state index in [9.17, 15) is 0 Å². The molecule has 1 rings (SSSR count). The molecular formula is C12H20N4. The quantitative estimate of drug-likeness (QED) is 0.739. The van der Waals surface area contributed by atoms with Crippen molar-refractivity contribution < 1.29 is 0 Å². The van der Waals surface area contributed by atoms with Crippen molar-refractivity contribution in [3.63, 3.8) is 0 Å². The fourth-order valence-electron chi connectivity index (χ4n) is 1.40. The Morgan fingerprint density at radius 1 is 1.50 bits per heavy atom. The number of likely N-dealkylation sites (N-methyl/N-ethyl adjacent to an activating group) is 1. The molecule has 0 aliphatic heterocycles. The van der Waals surface area contributed by atoms with E-state index in [1.165, 1.54) is 0 Å². The molecule has 0 spiro atoms. The smallest absolute Gasteiger partial charge is 0.147 e. The molecule has 1 aromatic heterocycles. The number of aromatic nitrogens is 2. The zero-order valence-electron chi connectivity index (χ0n) is 10.3. The van der Waals surface area contributed by atoms with E-state index in [1.54, 1.807) is 12.4 Å². The van der Waals surface area contributed by atoms with Crippen LogP contribution in [0.4, 0.5) is 5.82 Å². The first kappa shape index (κ1) is 12.6. The average molecular weight is 220 g/mol. The number of hydrogen-bond acceptors (Lipinski definition) is 4. The summed E-state index contributed by atoms with van der Waals surface area (Å²) in [6, 6.07) is 0. The summed E-state index contributed by atoms with van der Waals surface area (Å²) in [6.45, 7) is 10.5. The Hall–Kier alpha value is -1.42. The van der Waals surface area contributed by atoms with Crippen molar-refractivity contribution >= 4 is 5.82 Å². The zero-order chi connectivity index (χ0) is 12.0. The third-order valence-electron chi connectivity index (χ3n) is 2.13. The van der Waals surface area contributed by atoms with Gasteiger partial charge in [0, 0.05) is 26.3 Å². The van der Waals surface area contributed by atoms with Gasteiger partial charge in [0.25, 0.3) is 0 Å². The molecule has 0 aromatic carbocycles. The van der Waals surface area contributed by atoms with Crippen molar-refractivity contribution in [3.8, 4) is 0 Å². The first-order chi connectivity index (χ1) is 7.63. The molecule has 88 valence electrons. The van der Waals surface area contributed by atoms with Gasteiger partial charge in [-0.25, -0.2) is 4.98 Å². The normalized spacial score (nSPS) is 10.2. The van der Waals surface area contributed by atoms with E-state index in [0.29, 0.717) is 0 Å². The average Bonchev–Trinajstić information content (AvgIpc) is 2.26. The molecule has 4 heteroatoms. The number of nitrogens with zero attached hydrogens (tertiary/aromatic N) is 3. The summed E-state index contributed by atoms with van der Waals surface area (Å²) in [6.07, 6.45) is 3.57. The number of nitrogens with one attached hydrogen (secondary N) is 1. The Bertz CT molecular complexity index is 349. The summed E-state index contributed by atoms with van der Waals surface area (Å²) < 4.78 is 0. The minimum absolute atomic E-state index is 0.762. The predicted molar refractivity (Wildman–Crippen MR) is 67.5 cm³/mol. The number of rotatable bonds is 6. The molecule has 0 aliphatic carbocycles. The van der Waals surface area contributed by atoms with Crippen molar-refractivity contribution in [2.75, 3.05) is 25.0 Å². The summed E-state index contributed by atoms with van der Waals surface area (Å²) in [5, 5.41) is 3.23. The molecule has 0 radical (unpaired) electrons. The molecule has 0 fully saturated rings. The van der Waals surface area contributed by atoms with Crippen molar-refractivity contribution in [1.29, 1.82) is 0 Å². The van der Waals surface area contributed by atoms with Crippen LogP contribution in [0.2, 0.25) is 0 Å². The lowest BCUT2D eigenvalue weighted by atomic mass is 10.3. The van der Waals surface area contributed by atoms with E-state index in [1.807, 2.05) is 18.9 Å². The minimum Gasteiger partial charge on any atom is -0.354 e. The molecule has 4 nitrogen and oxygen atoms in total. The summed E-state index contributed by atoms with van der Waals surface area (Å²) in [5.74, 6) is 0.887. The van der Waals surface area contributed by atoms with Gasteiger partial charge in [-0.15, -0.1) is 0 Å². The first-order valence-corrected chi connectivity index (χ1v) is 5.50. The fraction of sp³-hybridized carbons (Fsp3) is 0.500. The van der Waals surface area contributed by atoms with Crippen LogP contribution in [0.15, 0.2) is 24.5 Å². The van der Waals surface area contributed by atoms with Gasteiger partial charge in [0.15, 0.2) is 0 Å². The Morgan fingerprint density at radius 2 is 2.25 bits per heavy atom. The summed E-state index contributed by atoms with van der Waals surface area (Å²) in [4.78, 5) is 10.8. The van der Waals surface area contributed by atoms with Gasteiger partial charge >= 0.3 is 0 Å². The van der Waals surface area contributed by atoms with Crippen LogP contribution < -0.4 is 10.2 Å². The lowest BCUT2D eigenvalue weighted by Crippen LogP contribution is -2.21. The third kappa shape index (κ3) is 3.98. The maximum atomic E-state index is 4.52. The van der Waals surface area contributed by atoms with Crippen LogP contribution in [-0.4, -0.2) is 30.1 Å². The van der Waals surface area contributed by atoms with Gasteiger partial charge in [0.2, 0.25) is 0 Å². The summed E-state index contributed by atoms with van der Waals surface area (Å²) >= 11 is 0. The highest BCUT2D eigenvalue weighted by Crippen LogP contribution is 2.08. The van der Waals surface area contributed by atoms with E-state index in [-0.39, 0.29) is 0 Å². The lowest BCUT2D eigenvalue weighted by Gasteiger charge is -2.18. The molecule has 16 heavy (non-hydrogen) atoms. The van der Waals surface area contributed by atoms with E-state index in [0.717, 1.165) is 36.7 Å². The highest BCUT2D eigenvalue weighted by atomic mass is 15.2. The fourth-order valence-corrected chi connectivity index (χ4v) is 1.40. The van der Waals surface area contributed by atoms with E-state index < -0.39 is 0 Å².